The number of hydrogen-bond donors (Lipinski definition) is 12. The number of nitrogens with one attached hydrogen (secondary N) is 9. The fourth-order valence-electron chi connectivity index (χ4n) is 16.1. The zero-order chi connectivity index (χ0) is 120. The minimum Gasteiger partial charge on any atom is -0.483 e. The molecule has 12 N–H and O–H groups in total. The van der Waals surface area contributed by atoms with Crippen LogP contribution < -0.4 is 62.1 Å². The lowest BCUT2D eigenvalue weighted by Crippen LogP contribution is -2.59. The summed E-state index contributed by atoms with van der Waals surface area (Å²) in [5.74, 6) is -6.10. The lowest BCUT2D eigenvalue weighted by Gasteiger charge is -2.37. The van der Waals surface area contributed by atoms with Gasteiger partial charge in [-0.25, -0.2) is 14.4 Å². The number of rotatable bonds is 45. The molecule has 3 fully saturated rings. The Morgan fingerprint density at radius 2 is 0.645 bits per heavy atom. The topological polar surface area (TPSA) is 360 Å². The maximum Gasteiger partial charge on any atom is 0.318 e. The summed E-state index contributed by atoms with van der Waals surface area (Å²) in [5.41, 5.74) is 5.18. The van der Waals surface area contributed by atoms with Gasteiger partial charge in [-0.1, -0.05) is 300 Å². The molecule has 12 atom stereocenters. The summed E-state index contributed by atoms with van der Waals surface area (Å²) in [6, 6.07) is 50.5. The summed E-state index contributed by atoms with van der Waals surface area (Å²) in [5, 5.41) is 58.3. The molecule has 9 aromatic carbocycles. The zero-order valence-corrected chi connectivity index (χ0v) is 79.2. The number of ether oxygens (including phenoxy) is 3. The van der Waals surface area contributed by atoms with E-state index in [1.807, 2.05) is 120 Å². The van der Waals surface area contributed by atoms with E-state index in [0.717, 1.165) is 51.9 Å². The number of nitrogens with zero attached hydrogens (tertiary/aromatic N) is 3. The minimum atomic E-state index is -3.40. The van der Waals surface area contributed by atoms with Gasteiger partial charge >= 0.3 is 18.1 Å². The molecule has 0 unspecified atom stereocenters. The largest absolute Gasteiger partial charge is 0.483 e. The van der Waals surface area contributed by atoms with Gasteiger partial charge in [-0.15, -0.1) is 0 Å². The third-order valence-corrected chi connectivity index (χ3v) is 22.9. The van der Waals surface area contributed by atoms with Crippen molar-refractivity contribution in [2.75, 3.05) is 58.9 Å². The van der Waals surface area contributed by atoms with Crippen LogP contribution in [-0.4, -0.2) is 215 Å². The van der Waals surface area contributed by atoms with E-state index in [0.29, 0.717) is 41.5 Å². The molecular formula is C114H156N12O15. The van der Waals surface area contributed by atoms with Crippen LogP contribution in [0.15, 0.2) is 237 Å². The van der Waals surface area contributed by atoms with Gasteiger partial charge < -0.3 is 92.1 Å². The van der Waals surface area contributed by atoms with Gasteiger partial charge in [-0.2, -0.15) is 0 Å². The second kappa shape index (κ2) is 58.8. The molecular weight excluding hydrogens is 1780 g/mol. The smallest absolute Gasteiger partial charge is 0.318 e. The molecule has 27 nitrogen and oxygen atoms in total. The van der Waals surface area contributed by atoms with Gasteiger partial charge in [0.25, 0.3) is 17.7 Å². The predicted octanol–water partition coefficient (Wildman–Crippen LogP) is 14.9. The Kier molecular flexibility index (Phi) is 34.5. The van der Waals surface area contributed by atoms with Gasteiger partial charge in [0.1, 0.15) is 35.4 Å². The summed E-state index contributed by atoms with van der Waals surface area (Å²) in [6.45, 7) is -2.30. The Balaban J connectivity index is 0.000000331. The highest BCUT2D eigenvalue weighted by Crippen LogP contribution is 2.29. The van der Waals surface area contributed by atoms with Crippen LogP contribution in [0.3, 0.4) is 0 Å². The van der Waals surface area contributed by atoms with Crippen molar-refractivity contribution >= 4 is 53.5 Å². The van der Waals surface area contributed by atoms with E-state index >= 15 is 0 Å². The van der Waals surface area contributed by atoms with Crippen molar-refractivity contribution in [3.8, 4) is 17.2 Å². The van der Waals surface area contributed by atoms with Crippen LogP contribution in [0.5, 0.6) is 17.2 Å². The number of aryl methyl sites for hydroxylation is 6. The fraction of sp³-hybridized carbons (Fsp3) is 0.447. The standard InChI is InChI=1S/3C37H48N4O5.3CH4/c3*1-25(2)34(41-20-12-19-38-37(41)45)36(44)39-30(21-28-15-7-5-8-16-28)23-32(42)31(22-29-17-9-6-10-18-29)40-33(43)24-46-35-26(3)13-11-14-27(35)4;;;/h3*5-11,13-18,25,30-32,34,42H,12,19-24H2,1-4H3,(H,38,45)(H,39,44)(H,40,43);3*1H4/t3*30-,31-,32-,34-;;;/m000.../s1/i3D3,4D3,12D2,19D2,20D2,21D2;12D2,19D2,20D2,21D2;22D2;;;. The quantitative estimate of drug-likeness (QED) is 0.0169. The second-order valence-electron chi connectivity index (χ2n) is 34.9. The molecule has 12 amide bonds. The average molecular weight is 1960 g/mol. The maximum absolute atomic E-state index is 14.3. The van der Waals surface area contributed by atoms with Crippen LogP contribution >= 0.6 is 0 Å². The highest BCUT2D eigenvalue weighted by molar-refractivity contribution is 5.90. The molecule has 3 saturated heterocycles. The molecule has 0 spiro atoms. The molecule has 762 valence electrons. The molecule has 3 aliphatic rings. The summed E-state index contributed by atoms with van der Waals surface area (Å²) >= 11 is 0. The fourth-order valence-corrected chi connectivity index (χ4v) is 16.1. The molecule has 3 heterocycles. The number of hydrogen-bond acceptors (Lipinski definition) is 15. The van der Waals surface area contributed by atoms with Crippen molar-refractivity contribution in [1.82, 2.24) is 62.6 Å². The monoisotopic (exact) mass is 1960 g/mol. The molecule has 0 saturated carbocycles. The van der Waals surface area contributed by atoms with Crippen LogP contribution in [0.1, 0.15) is 202 Å². The predicted molar refractivity (Wildman–Crippen MR) is 559 cm³/mol. The highest BCUT2D eigenvalue weighted by atomic mass is 16.5. The number of benzene rings is 9. The number of amides is 12. The Morgan fingerprint density at radius 3 is 0.986 bits per heavy atom. The lowest BCUT2D eigenvalue weighted by atomic mass is 9.92. The summed E-state index contributed by atoms with van der Waals surface area (Å²) in [4.78, 5) is 124. The number of carbonyl (C=O) groups excluding carboxylic acids is 9. The highest BCUT2D eigenvalue weighted by Gasteiger charge is 2.40. The Hall–Kier alpha value is -13.1. The number of urea groups is 3. The number of aliphatic hydroxyl groups excluding tert-OH is 3. The van der Waals surface area contributed by atoms with E-state index in [2.05, 4.69) is 37.2 Å². The van der Waals surface area contributed by atoms with Gasteiger partial charge in [0.15, 0.2) is 19.8 Å². The molecule has 0 aromatic heterocycles. The van der Waals surface area contributed by atoms with Gasteiger partial charge in [0.05, 0.1) is 36.4 Å². The van der Waals surface area contributed by atoms with Gasteiger partial charge in [0.2, 0.25) is 17.7 Å². The molecule has 141 heavy (non-hydrogen) atoms. The van der Waals surface area contributed by atoms with Gasteiger partial charge in [0, 0.05) is 90.1 Å². The van der Waals surface area contributed by atoms with Crippen molar-refractivity contribution in [1.29, 1.82) is 0 Å². The molecule has 12 rings (SSSR count). The van der Waals surface area contributed by atoms with E-state index in [9.17, 15) is 64.0 Å². The van der Waals surface area contributed by atoms with Crippen molar-refractivity contribution in [3.63, 3.8) is 0 Å². The Morgan fingerprint density at radius 1 is 0.362 bits per heavy atom. The lowest BCUT2D eigenvalue weighted by molar-refractivity contribution is -0.129. The van der Waals surface area contributed by atoms with Crippen LogP contribution in [0.2, 0.25) is 0 Å². The van der Waals surface area contributed by atoms with E-state index in [4.69, 9.17) is 41.6 Å². The molecule has 27 heteroatoms. The van der Waals surface area contributed by atoms with Crippen molar-refractivity contribution in [3.05, 3.63) is 303 Å². The van der Waals surface area contributed by atoms with E-state index in [1.54, 1.807) is 119 Å². The first-order valence-corrected chi connectivity index (χ1v) is 46.1. The Labute approximate surface area is 870 Å². The number of aliphatic hydroxyl groups is 3. The molecule has 0 aliphatic carbocycles. The Bertz CT molecular complexity index is 6440. The molecule has 0 radical (unpaired) electrons. The van der Waals surface area contributed by atoms with Crippen molar-refractivity contribution < 1.29 is 106 Å². The first-order valence-electron chi connectivity index (χ1n) is 58.1. The third kappa shape index (κ3) is 36.5. The summed E-state index contributed by atoms with van der Waals surface area (Å²) < 4.78 is 219. The van der Waals surface area contributed by atoms with Crippen LogP contribution in [0.25, 0.3) is 0 Å². The molecule has 0 bridgehead atoms. The van der Waals surface area contributed by atoms with Crippen LogP contribution in [0, 0.1) is 59.2 Å². The molecule has 3 aliphatic heterocycles. The van der Waals surface area contributed by atoms with E-state index < -0.39 is 234 Å². The van der Waals surface area contributed by atoms with E-state index in [1.165, 1.54) is 70.2 Å². The normalized spacial score (nSPS) is 20.6. The first-order chi connectivity index (χ1) is 75.5. The second-order valence-corrected chi connectivity index (χ2v) is 34.9. The van der Waals surface area contributed by atoms with Gasteiger partial charge in [-0.3, -0.25) is 28.8 Å². The van der Waals surface area contributed by atoms with Crippen molar-refractivity contribution in [2.24, 2.45) is 17.8 Å². The molecule has 9 aromatic rings. The third-order valence-electron chi connectivity index (χ3n) is 22.9. The van der Waals surface area contributed by atoms with Crippen LogP contribution in [0.4, 0.5) is 14.4 Å². The number of carbonyl (C=O) groups is 9. The average Bonchev–Trinajstić information content (AvgIpc) is 0.715. The summed E-state index contributed by atoms with van der Waals surface area (Å²) in [6.07, 6.45) is -18.5. The summed E-state index contributed by atoms with van der Waals surface area (Å²) in [7, 11) is 0. The van der Waals surface area contributed by atoms with E-state index in [-0.39, 0.29) is 94.2 Å². The first kappa shape index (κ1) is 82.6. The SMILES string of the molecule is C.C.C.[2H]C([2H])([2H])c1cccc(C([2H])([2H])[2H])c1OCC(=O)N[C@@H](Cc1ccccc1)[C@@H](O)C[C@@H](NC(=O)[C@H](C(C)C)N1C(=O)NC([2H])([2H])C([2H])([2H])C1([2H])[2H])C([2H])([2H])c1ccccc1.[2H]C([2H])(c1ccccc1)[C@@H](C[C@H](O)[C@H](Cc1ccccc1)NC(=O)COc1c(C)cccc1C)NC(=O)[C@H](C(C)C)N1C(=O)NC([2H])([2H])C([2H])([2H])C1([2H])[2H].[2H]C([2H])(c1ccccc1)[C@H](NC(=O)COc1c(C)cccc1C)[C@@H](O)C[C@H](Cc1ccccc1)NC(=O)[C@H](C(C)C)N1CCCNC1=O. The zero-order valence-electron chi connectivity index (χ0n) is 103. The minimum absolute atomic E-state index is 0. The van der Waals surface area contributed by atoms with Crippen LogP contribution in [-0.2, 0) is 67.1 Å². The number of para-hydroxylation sites is 3. The maximum atomic E-state index is 14.3. The van der Waals surface area contributed by atoms with Crippen molar-refractivity contribution in [2.45, 2.75) is 255 Å². The van der Waals surface area contributed by atoms with Gasteiger partial charge in [-0.05, 0) is 203 Å².